The van der Waals surface area contributed by atoms with Gasteiger partial charge in [-0.15, -0.1) is 11.8 Å². The number of aryl methyl sites for hydroxylation is 1. The van der Waals surface area contributed by atoms with Gasteiger partial charge in [-0.2, -0.15) is 0 Å². The van der Waals surface area contributed by atoms with Crippen molar-refractivity contribution >= 4 is 23.6 Å². The summed E-state index contributed by atoms with van der Waals surface area (Å²) in [7, 11) is 0. The molecule has 1 aliphatic heterocycles. The third-order valence-electron chi connectivity index (χ3n) is 3.74. The van der Waals surface area contributed by atoms with Crippen molar-refractivity contribution in [2.45, 2.75) is 25.2 Å². The fourth-order valence-electron chi connectivity index (χ4n) is 2.43. The van der Waals surface area contributed by atoms with Crippen molar-refractivity contribution in [1.29, 1.82) is 0 Å². The molecule has 21 heavy (non-hydrogen) atoms. The summed E-state index contributed by atoms with van der Waals surface area (Å²) in [6.07, 6.45) is 0.861. The van der Waals surface area contributed by atoms with E-state index in [1.807, 2.05) is 28.0 Å². The lowest BCUT2D eigenvalue weighted by Crippen LogP contribution is -2.37. The van der Waals surface area contributed by atoms with E-state index in [0.717, 1.165) is 24.4 Å². The van der Waals surface area contributed by atoms with Crippen LogP contribution >= 0.6 is 11.8 Å². The Morgan fingerprint density at radius 1 is 1.10 bits per heavy atom. The second-order valence-electron chi connectivity index (χ2n) is 5.29. The van der Waals surface area contributed by atoms with Crippen LogP contribution in [-0.4, -0.2) is 53.5 Å². The van der Waals surface area contributed by atoms with Crippen molar-refractivity contribution in [3.8, 4) is 0 Å². The predicted octanol–water partition coefficient (Wildman–Crippen LogP) is 2.17. The van der Waals surface area contributed by atoms with E-state index in [2.05, 4.69) is 13.0 Å². The molecule has 0 N–H and O–H groups in total. The van der Waals surface area contributed by atoms with Crippen LogP contribution in [0.5, 0.6) is 0 Å². The first-order chi connectivity index (χ1) is 10.1. The second kappa shape index (κ2) is 7.50. The number of rotatable bonds is 3. The number of hydrogen-bond acceptors (Lipinski definition) is 3. The first kappa shape index (κ1) is 15.9. The summed E-state index contributed by atoms with van der Waals surface area (Å²) in [6.45, 7) is 6.44. The van der Waals surface area contributed by atoms with Gasteiger partial charge in [0.2, 0.25) is 11.8 Å². The molecule has 1 heterocycles. The fourth-order valence-corrected chi connectivity index (χ4v) is 3.36. The van der Waals surface area contributed by atoms with E-state index >= 15 is 0 Å². The molecule has 0 saturated carbocycles. The van der Waals surface area contributed by atoms with E-state index in [0.29, 0.717) is 18.8 Å². The van der Waals surface area contributed by atoms with Gasteiger partial charge < -0.3 is 9.80 Å². The number of benzene rings is 1. The zero-order valence-electron chi connectivity index (χ0n) is 12.7. The molecule has 0 spiro atoms. The smallest absolute Gasteiger partial charge is 0.232 e. The van der Waals surface area contributed by atoms with E-state index in [4.69, 9.17) is 0 Å². The van der Waals surface area contributed by atoms with Crippen LogP contribution < -0.4 is 0 Å². The SMILES string of the molecule is CC(=O)N1CCCN(C(=O)CSc2ccccc2C)CC1. The summed E-state index contributed by atoms with van der Waals surface area (Å²) in [6, 6.07) is 8.11. The van der Waals surface area contributed by atoms with E-state index < -0.39 is 0 Å². The van der Waals surface area contributed by atoms with Gasteiger partial charge in [0.1, 0.15) is 0 Å². The van der Waals surface area contributed by atoms with Gasteiger partial charge in [0.15, 0.2) is 0 Å². The van der Waals surface area contributed by atoms with Crippen molar-refractivity contribution in [2.24, 2.45) is 0 Å². The number of amides is 2. The van der Waals surface area contributed by atoms with Crippen LogP contribution in [-0.2, 0) is 9.59 Å². The molecule has 0 bridgehead atoms. The highest BCUT2D eigenvalue weighted by molar-refractivity contribution is 8.00. The third-order valence-corrected chi connectivity index (χ3v) is 4.90. The van der Waals surface area contributed by atoms with Crippen LogP contribution in [0, 0.1) is 6.92 Å². The monoisotopic (exact) mass is 306 g/mol. The van der Waals surface area contributed by atoms with Crippen LogP contribution in [0.25, 0.3) is 0 Å². The van der Waals surface area contributed by atoms with Gasteiger partial charge in [-0.3, -0.25) is 9.59 Å². The molecule has 0 radical (unpaired) electrons. The van der Waals surface area contributed by atoms with Crippen LogP contribution in [0.15, 0.2) is 29.2 Å². The quantitative estimate of drug-likeness (QED) is 0.804. The van der Waals surface area contributed by atoms with Crippen molar-refractivity contribution in [3.63, 3.8) is 0 Å². The molecule has 2 rings (SSSR count). The highest BCUT2D eigenvalue weighted by atomic mass is 32.2. The largest absolute Gasteiger partial charge is 0.341 e. The summed E-state index contributed by atoms with van der Waals surface area (Å²) in [5.41, 5.74) is 1.20. The molecule has 1 aliphatic rings. The van der Waals surface area contributed by atoms with Gasteiger partial charge in [0.05, 0.1) is 5.75 Å². The van der Waals surface area contributed by atoms with E-state index in [-0.39, 0.29) is 11.8 Å². The number of carbonyl (C=O) groups is 2. The normalized spacial score (nSPS) is 15.7. The highest BCUT2D eigenvalue weighted by Crippen LogP contribution is 2.22. The zero-order valence-corrected chi connectivity index (χ0v) is 13.5. The van der Waals surface area contributed by atoms with Crippen LogP contribution in [0.4, 0.5) is 0 Å². The maximum atomic E-state index is 12.3. The molecular weight excluding hydrogens is 284 g/mol. The predicted molar refractivity (Wildman–Crippen MR) is 85.4 cm³/mol. The van der Waals surface area contributed by atoms with E-state index in [1.165, 1.54) is 5.56 Å². The molecule has 2 amide bonds. The van der Waals surface area contributed by atoms with Crippen molar-refractivity contribution in [3.05, 3.63) is 29.8 Å². The van der Waals surface area contributed by atoms with Crippen molar-refractivity contribution in [2.75, 3.05) is 31.9 Å². The maximum Gasteiger partial charge on any atom is 0.232 e. The lowest BCUT2D eigenvalue weighted by molar-refractivity contribution is -0.130. The van der Waals surface area contributed by atoms with Crippen LogP contribution in [0.3, 0.4) is 0 Å². The molecule has 5 heteroatoms. The van der Waals surface area contributed by atoms with Gasteiger partial charge in [0.25, 0.3) is 0 Å². The van der Waals surface area contributed by atoms with Gasteiger partial charge in [-0.1, -0.05) is 18.2 Å². The first-order valence-electron chi connectivity index (χ1n) is 7.29. The standard InChI is InChI=1S/C16H22N2O2S/c1-13-6-3-4-7-15(13)21-12-16(20)18-9-5-8-17(10-11-18)14(2)19/h3-4,6-7H,5,8-12H2,1-2H3. The number of carbonyl (C=O) groups excluding carboxylic acids is 2. The minimum atomic E-state index is 0.0959. The molecule has 114 valence electrons. The molecule has 1 saturated heterocycles. The van der Waals surface area contributed by atoms with Gasteiger partial charge in [-0.25, -0.2) is 0 Å². The summed E-state index contributed by atoms with van der Waals surface area (Å²) in [4.78, 5) is 28.6. The Labute approximate surface area is 130 Å². The summed E-state index contributed by atoms with van der Waals surface area (Å²) in [5.74, 6) is 0.720. The van der Waals surface area contributed by atoms with Gasteiger partial charge in [-0.05, 0) is 25.0 Å². The summed E-state index contributed by atoms with van der Waals surface area (Å²) < 4.78 is 0. The third kappa shape index (κ3) is 4.49. The minimum absolute atomic E-state index is 0.0959. The maximum absolute atomic E-state index is 12.3. The van der Waals surface area contributed by atoms with E-state index in [1.54, 1.807) is 18.7 Å². The molecular formula is C16H22N2O2S. The van der Waals surface area contributed by atoms with Crippen LogP contribution in [0.1, 0.15) is 18.9 Å². The fraction of sp³-hybridized carbons (Fsp3) is 0.500. The Morgan fingerprint density at radius 3 is 2.48 bits per heavy atom. The average molecular weight is 306 g/mol. The zero-order chi connectivity index (χ0) is 15.2. The minimum Gasteiger partial charge on any atom is -0.341 e. The first-order valence-corrected chi connectivity index (χ1v) is 8.28. The van der Waals surface area contributed by atoms with Gasteiger partial charge >= 0.3 is 0 Å². The molecule has 0 aliphatic carbocycles. The number of thioether (sulfide) groups is 1. The summed E-state index contributed by atoms with van der Waals surface area (Å²) in [5, 5.41) is 0. The molecule has 4 nitrogen and oxygen atoms in total. The lowest BCUT2D eigenvalue weighted by atomic mass is 10.2. The number of hydrogen-bond donors (Lipinski definition) is 0. The molecule has 1 aromatic rings. The lowest BCUT2D eigenvalue weighted by Gasteiger charge is -2.21. The average Bonchev–Trinajstić information content (AvgIpc) is 2.72. The Balaban J connectivity index is 1.86. The topological polar surface area (TPSA) is 40.6 Å². The van der Waals surface area contributed by atoms with Crippen molar-refractivity contribution < 1.29 is 9.59 Å². The van der Waals surface area contributed by atoms with Crippen LogP contribution in [0.2, 0.25) is 0 Å². The Morgan fingerprint density at radius 2 is 1.76 bits per heavy atom. The molecule has 1 fully saturated rings. The Bertz CT molecular complexity index is 519. The Kier molecular flexibility index (Phi) is 5.67. The Hall–Kier alpha value is -1.49. The molecule has 0 unspecified atom stereocenters. The molecule has 0 aromatic heterocycles. The van der Waals surface area contributed by atoms with E-state index in [9.17, 15) is 9.59 Å². The van der Waals surface area contributed by atoms with Gasteiger partial charge in [0, 0.05) is 38.0 Å². The second-order valence-corrected chi connectivity index (χ2v) is 6.31. The summed E-state index contributed by atoms with van der Waals surface area (Å²) >= 11 is 1.59. The highest BCUT2D eigenvalue weighted by Gasteiger charge is 2.20. The number of nitrogens with zero attached hydrogens (tertiary/aromatic N) is 2. The molecule has 0 atom stereocenters. The van der Waals surface area contributed by atoms with Crippen molar-refractivity contribution in [1.82, 2.24) is 9.80 Å². The molecule has 1 aromatic carbocycles.